The number of aryl methyl sites for hydroxylation is 1. The van der Waals surface area contributed by atoms with E-state index in [0.29, 0.717) is 47.2 Å². The average molecular weight is 856 g/mol. The molecular formula is C48H50ClN5O6Si. The van der Waals surface area contributed by atoms with E-state index in [1.54, 1.807) is 38.5 Å². The fourth-order valence-electron chi connectivity index (χ4n) is 9.43. The van der Waals surface area contributed by atoms with Crippen LogP contribution in [0.4, 0.5) is 11.4 Å². The number of carbonyl (C=O) groups is 2. The highest BCUT2D eigenvalue weighted by atomic mass is 35.5. The number of ether oxygens (including phenoxy) is 3. The second-order valence-electron chi connectivity index (χ2n) is 16.4. The summed E-state index contributed by atoms with van der Waals surface area (Å²) in [5, 5.41) is 24.0. The number of amides is 2. The Hall–Kier alpha value is -5.79. The largest absolute Gasteiger partial charge is 0.497 e. The minimum Gasteiger partial charge on any atom is -0.497 e. The maximum Gasteiger partial charge on any atom is 0.264 e. The number of nitrogens with one attached hydrogen (secondary N) is 1. The zero-order chi connectivity index (χ0) is 42.9. The molecule has 314 valence electrons. The molecule has 61 heavy (non-hydrogen) atoms. The van der Waals surface area contributed by atoms with Crippen LogP contribution in [0.5, 0.6) is 11.5 Å². The van der Waals surface area contributed by atoms with E-state index in [9.17, 15) is 9.90 Å². The molecule has 1 fully saturated rings. The summed E-state index contributed by atoms with van der Waals surface area (Å²) in [6.07, 6.45) is 2.16. The molecular weight excluding hydrogens is 806 g/mol. The third-order valence-corrected chi connectivity index (χ3v) is 17.2. The standard InChI is InChI=1S/C48H50ClN5O6Si/c1-31-45(61(4,5)39-22-20-38(59-3)21-23-39)44(25-26-53-29-42(51-52-53)40(30-55)33-9-7-6-8-10-33)60-48(31)41-27-35(49)15-24-43(41)54(47(48)57)28-32-11-16-36(17-12-32)50-46(56)34-13-18-37(58-2)19-14-34/h6-24,27,29,31,40,44-45,55H,25-26,28,30H2,1-5H3,(H,50,56)/t31-,40?,44+,45-,48+/m0/s1. The predicted octanol–water partition coefficient (Wildman–Crippen LogP) is 8.18. The number of benzene rings is 5. The first-order valence-electron chi connectivity index (χ1n) is 20.5. The number of halogens is 1. The van der Waals surface area contributed by atoms with Crippen molar-refractivity contribution in [3.05, 3.63) is 160 Å². The Morgan fingerprint density at radius 1 is 0.934 bits per heavy atom. The monoisotopic (exact) mass is 855 g/mol. The second-order valence-corrected chi connectivity index (χ2v) is 21.6. The van der Waals surface area contributed by atoms with E-state index < -0.39 is 13.7 Å². The smallest absolute Gasteiger partial charge is 0.264 e. The number of anilines is 2. The number of hydrogen-bond acceptors (Lipinski definition) is 8. The maximum atomic E-state index is 15.3. The topological polar surface area (TPSA) is 128 Å². The van der Waals surface area contributed by atoms with Crippen LogP contribution in [0.15, 0.2) is 128 Å². The highest BCUT2D eigenvalue weighted by Crippen LogP contribution is 2.60. The Balaban J connectivity index is 1.09. The van der Waals surface area contributed by atoms with Gasteiger partial charge in [-0.2, -0.15) is 0 Å². The first kappa shape index (κ1) is 41.9. The van der Waals surface area contributed by atoms with Crippen LogP contribution in [0.1, 0.15) is 52.0 Å². The quantitative estimate of drug-likeness (QED) is 0.105. The van der Waals surface area contributed by atoms with Crippen molar-refractivity contribution < 1.29 is 28.9 Å². The minimum absolute atomic E-state index is 0.00252. The van der Waals surface area contributed by atoms with Gasteiger partial charge in [0, 0.05) is 40.5 Å². The lowest BCUT2D eigenvalue weighted by Crippen LogP contribution is -2.51. The first-order chi connectivity index (χ1) is 29.5. The lowest BCUT2D eigenvalue weighted by Gasteiger charge is -2.37. The molecule has 0 aliphatic carbocycles. The molecule has 5 atom stereocenters. The van der Waals surface area contributed by atoms with Gasteiger partial charge in [0.25, 0.3) is 11.8 Å². The highest BCUT2D eigenvalue weighted by molar-refractivity contribution is 6.91. The van der Waals surface area contributed by atoms with Crippen molar-refractivity contribution in [2.24, 2.45) is 5.92 Å². The van der Waals surface area contributed by atoms with Crippen LogP contribution >= 0.6 is 11.6 Å². The van der Waals surface area contributed by atoms with Gasteiger partial charge < -0.3 is 29.5 Å². The predicted molar refractivity (Wildman–Crippen MR) is 240 cm³/mol. The van der Waals surface area contributed by atoms with Gasteiger partial charge in [0.1, 0.15) is 11.5 Å². The Bertz CT molecular complexity index is 2500. The van der Waals surface area contributed by atoms with Crippen molar-refractivity contribution in [2.45, 2.75) is 62.7 Å². The Morgan fingerprint density at radius 2 is 1.61 bits per heavy atom. The van der Waals surface area contributed by atoms with Gasteiger partial charge in [-0.15, -0.1) is 5.10 Å². The summed E-state index contributed by atoms with van der Waals surface area (Å²) in [6, 6.07) is 38.2. The summed E-state index contributed by atoms with van der Waals surface area (Å²) in [5.41, 5.74) is 3.93. The molecule has 1 spiro atoms. The van der Waals surface area contributed by atoms with Gasteiger partial charge in [-0.3, -0.25) is 14.3 Å². The highest BCUT2D eigenvalue weighted by Gasteiger charge is 2.66. The van der Waals surface area contributed by atoms with E-state index in [2.05, 4.69) is 47.8 Å². The molecule has 2 N–H and O–H groups in total. The van der Waals surface area contributed by atoms with Crippen molar-refractivity contribution in [2.75, 3.05) is 31.0 Å². The summed E-state index contributed by atoms with van der Waals surface area (Å²) in [5.74, 6) is 0.572. The maximum absolute atomic E-state index is 15.3. The lowest BCUT2D eigenvalue weighted by molar-refractivity contribution is -0.146. The minimum atomic E-state index is -2.42. The molecule has 1 saturated heterocycles. The van der Waals surface area contributed by atoms with Gasteiger partial charge in [0.05, 0.1) is 58.8 Å². The van der Waals surface area contributed by atoms with Crippen molar-refractivity contribution in [3.63, 3.8) is 0 Å². The number of aliphatic hydroxyl groups excluding tert-OH is 1. The molecule has 2 aliphatic heterocycles. The number of aliphatic hydroxyl groups is 1. The van der Waals surface area contributed by atoms with Crippen LogP contribution in [0.3, 0.4) is 0 Å². The summed E-state index contributed by atoms with van der Waals surface area (Å²) >= 11 is 6.75. The number of carbonyl (C=O) groups excluding carboxylic acids is 2. The molecule has 0 radical (unpaired) electrons. The number of methoxy groups -OCH3 is 2. The SMILES string of the molecule is COc1ccc(C(=O)Nc2ccc(CN3C(=O)[C@]4(O[C@H](CCn5cc(C(CO)c6ccccc6)nn5)[C@@H]([Si](C)(C)c5ccc(OC)cc5)[C@@H]4C)c4cc(Cl)ccc43)cc2)cc1. The number of aromatic nitrogens is 3. The molecule has 0 bridgehead atoms. The van der Waals surface area contributed by atoms with Gasteiger partial charge in [0.15, 0.2) is 5.60 Å². The van der Waals surface area contributed by atoms with Crippen molar-refractivity contribution in [3.8, 4) is 11.5 Å². The van der Waals surface area contributed by atoms with E-state index in [-0.39, 0.29) is 41.9 Å². The molecule has 11 nitrogen and oxygen atoms in total. The first-order valence-corrected chi connectivity index (χ1v) is 24.0. The van der Waals surface area contributed by atoms with Crippen LogP contribution in [-0.2, 0) is 28.2 Å². The number of hydrogen-bond donors (Lipinski definition) is 2. The van der Waals surface area contributed by atoms with Crippen LogP contribution < -0.4 is 24.9 Å². The van der Waals surface area contributed by atoms with Crippen LogP contribution in [-0.4, -0.2) is 66.9 Å². The molecule has 5 aromatic carbocycles. The average Bonchev–Trinajstić information content (AvgIpc) is 3.94. The van der Waals surface area contributed by atoms with Crippen LogP contribution in [0.25, 0.3) is 0 Å². The van der Waals surface area contributed by atoms with Crippen molar-refractivity contribution in [1.82, 2.24) is 15.0 Å². The summed E-state index contributed by atoms with van der Waals surface area (Å²) < 4.78 is 19.9. The summed E-state index contributed by atoms with van der Waals surface area (Å²) in [6.45, 7) is 7.57. The third-order valence-electron chi connectivity index (χ3n) is 12.6. The zero-order valence-corrected chi connectivity index (χ0v) is 36.7. The van der Waals surface area contributed by atoms with E-state index in [4.69, 9.17) is 25.8 Å². The van der Waals surface area contributed by atoms with Crippen molar-refractivity contribution in [1.29, 1.82) is 0 Å². The van der Waals surface area contributed by atoms with Crippen LogP contribution in [0.2, 0.25) is 23.7 Å². The van der Waals surface area contributed by atoms with Gasteiger partial charge in [0.2, 0.25) is 0 Å². The normalized spacial score (nSPS) is 20.1. The van der Waals surface area contributed by atoms with E-state index >= 15 is 4.79 Å². The van der Waals surface area contributed by atoms with Crippen LogP contribution in [0, 0.1) is 5.92 Å². The molecule has 13 heteroatoms. The van der Waals surface area contributed by atoms with Gasteiger partial charge in [-0.05, 0) is 89.8 Å². The summed E-state index contributed by atoms with van der Waals surface area (Å²) in [4.78, 5) is 30.1. The van der Waals surface area contributed by atoms with Gasteiger partial charge >= 0.3 is 0 Å². The van der Waals surface area contributed by atoms with E-state index in [1.165, 1.54) is 5.19 Å². The molecule has 8 rings (SSSR count). The number of fused-ring (bicyclic) bond motifs is 2. The molecule has 1 unspecified atom stereocenters. The summed E-state index contributed by atoms with van der Waals surface area (Å²) in [7, 11) is 0.833. The fraction of sp³-hybridized carbons (Fsp3) is 0.292. The van der Waals surface area contributed by atoms with Crippen molar-refractivity contribution >= 4 is 48.1 Å². The van der Waals surface area contributed by atoms with E-state index in [0.717, 1.165) is 28.1 Å². The molecule has 2 aliphatic rings. The number of rotatable bonds is 14. The third kappa shape index (κ3) is 7.96. The Morgan fingerprint density at radius 3 is 2.26 bits per heavy atom. The Labute approximate surface area is 362 Å². The molecule has 1 aromatic heterocycles. The fourth-order valence-corrected chi connectivity index (χ4v) is 13.7. The molecule has 6 aromatic rings. The second kappa shape index (κ2) is 17.3. The number of nitrogens with zero attached hydrogens (tertiary/aromatic N) is 4. The molecule has 0 saturated carbocycles. The zero-order valence-electron chi connectivity index (χ0n) is 34.9. The van der Waals surface area contributed by atoms with E-state index in [1.807, 2.05) is 101 Å². The van der Waals surface area contributed by atoms with Gasteiger partial charge in [-0.25, -0.2) is 0 Å². The Kier molecular flexibility index (Phi) is 11.9. The molecule has 2 amide bonds. The molecule has 3 heterocycles. The lowest BCUT2D eigenvalue weighted by atomic mass is 9.82. The van der Waals surface area contributed by atoms with Gasteiger partial charge in [-0.1, -0.05) is 96.6 Å².